The maximum absolute atomic E-state index is 11.9. The number of hydrogen-bond donors (Lipinski definition) is 5. The smallest absolute Gasteiger partial charge is 0.404 e. The van der Waals surface area contributed by atoms with Gasteiger partial charge in [-0.15, -0.1) is 0 Å². The number of ether oxygens (including phenoxy) is 1. The molecule has 1 atom stereocenters. The molecular weight excluding hydrogens is 330 g/mol. The van der Waals surface area contributed by atoms with E-state index in [-0.39, 0.29) is 31.0 Å². The zero-order chi connectivity index (χ0) is 18.8. The van der Waals surface area contributed by atoms with E-state index in [4.69, 9.17) is 16.2 Å². The fourth-order valence-corrected chi connectivity index (χ4v) is 2.64. The van der Waals surface area contributed by atoms with Crippen molar-refractivity contribution in [2.75, 3.05) is 19.7 Å². The van der Waals surface area contributed by atoms with Gasteiger partial charge in [0.15, 0.2) is 0 Å². The summed E-state index contributed by atoms with van der Waals surface area (Å²) >= 11 is 0. The summed E-state index contributed by atoms with van der Waals surface area (Å²) in [6, 6.07) is -0.729. The zero-order valence-electron chi connectivity index (χ0n) is 14.4. The summed E-state index contributed by atoms with van der Waals surface area (Å²) in [7, 11) is 0. The predicted octanol–water partition coefficient (Wildman–Crippen LogP) is -1.66. The normalized spacial score (nSPS) is 20.9. The number of carbonyl (C=O) groups excluding carboxylic acids is 4. The number of nitrogens with two attached hydrogens (primary N) is 2. The molecule has 10 nitrogen and oxygen atoms in total. The molecule has 0 aromatic carbocycles. The SMILES string of the molecule is C[C@H](NC(=O)CN)C(=O)NCC(=O)NC1CCC(COC(N)=O)CC1. The predicted molar refractivity (Wildman–Crippen MR) is 89.1 cm³/mol. The average molecular weight is 357 g/mol. The van der Waals surface area contributed by atoms with Gasteiger partial charge in [0.25, 0.3) is 0 Å². The zero-order valence-corrected chi connectivity index (χ0v) is 14.4. The van der Waals surface area contributed by atoms with Crippen LogP contribution in [0.5, 0.6) is 0 Å². The number of hydrogen-bond acceptors (Lipinski definition) is 6. The summed E-state index contributed by atoms with van der Waals surface area (Å²) in [6.45, 7) is 1.45. The minimum absolute atomic E-state index is 0.0311. The van der Waals surface area contributed by atoms with E-state index in [1.807, 2.05) is 0 Å². The van der Waals surface area contributed by atoms with E-state index < -0.39 is 23.9 Å². The van der Waals surface area contributed by atoms with E-state index in [0.29, 0.717) is 6.61 Å². The molecule has 1 rings (SSSR count). The second-order valence-electron chi connectivity index (χ2n) is 6.13. The van der Waals surface area contributed by atoms with Crippen molar-refractivity contribution >= 4 is 23.8 Å². The number of primary amides is 1. The highest BCUT2D eigenvalue weighted by Gasteiger charge is 2.23. The van der Waals surface area contributed by atoms with Crippen LogP contribution >= 0.6 is 0 Å². The number of rotatable bonds is 8. The molecule has 1 aliphatic carbocycles. The van der Waals surface area contributed by atoms with Gasteiger partial charge < -0.3 is 32.2 Å². The summed E-state index contributed by atoms with van der Waals surface area (Å²) in [5.74, 6) is -0.927. The Kier molecular flexibility index (Phi) is 8.68. The van der Waals surface area contributed by atoms with Gasteiger partial charge in [-0.2, -0.15) is 0 Å². The molecule has 1 fully saturated rings. The Hall–Kier alpha value is -2.36. The third kappa shape index (κ3) is 8.34. The van der Waals surface area contributed by atoms with Crippen LogP contribution in [0.3, 0.4) is 0 Å². The molecule has 4 amide bonds. The van der Waals surface area contributed by atoms with Gasteiger partial charge in [0.05, 0.1) is 19.7 Å². The first-order valence-electron chi connectivity index (χ1n) is 8.30. The molecule has 0 radical (unpaired) electrons. The van der Waals surface area contributed by atoms with Gasteiger partial charge in [-0.05, 0) is 38.5 Å². The summed E-state index contributed by atoms with van der Waals surface area (Å²) in [5, 5.41) is 7.73. The number of nitrogens with one attached hydrogen (secondary N) is 3. The molecule has 7 N–H and O–H groups in total. The van der Waals surface area contributed by atoms with Crippen LogP contribution in [0.1, 0.15) is 32.6 Å². The second-order valence-corrected chi connectivity index (χ2v) is 6.13. The molecule has 0 aromatic heterocycles. The van der Waals surface area contributed by atoms with E-state index >= 15 is 0 Å². The molecule has 0 aromatic rings. The Bertz CT molecular complexity index is 491. The summed E-state index contributed by atoms with van der Waals surface area (Å²) in [6.07, 6.45) is 2.42. The first-order chi connectivity index (χ1) is 11.8. The van der Waals surface area contributed by atoms with Crippen LogP contribution in [0.15, 0.2) is 0 Å². The largest absolute Gasteiger partial charge is 0.449 e. The van der Waals surface area contributed by atoms with Gasteiger partial charge in [-0.1, -0.05) is 0 Å². The molecule has 0 unspecified atom stereocenters. The van der Waals surface area contributed by atoms with Crippen LogP contribution in [0.25, 0.3) is 0 Å². The Morgan fingerprint density at radius 2 is 1.76 bits per heavy atom. The minimum Gasteiger partial charge on any atom is -0.449 e. The van der Waals surface area contributed by atoms with Crippen molar-refractivity contribution in [3.8, 4) is 0 Å². The highest BCUT2D eigenvalue weighted by atomic mass is 16.5. The van der Waals surface area contributed by atoms with Crippen LogP contribution in [-0.2, 0) is 19.1 Å². The van der Waals surface area contributed by atoms with Gasteiger partial charge in [-0.3, -0.25) is 14.4 Å². The third-order valence-electron chi connectivity index (χ3n) is 4.05. The van der Waals surface area contributed by atoms with Crippen LogP contribution in [0.2, 0.25) is 0 Å². The standard InChI is InChI=1S/C15H27N5O5/c1-9(19-12(21)6-16)14(23)18-7-13(22)20-11-4-2-10(3-5-11)8-25-15(17)24/h9-11H,2-8,16H2,1H3,(H2,17,24)(H,18,23)(H,19,21)(H,20,22)/t9-,10?,11?/m0/s1. The summed E-state index contributed by atoms with van der Waals surface area (Å²) < 4.78 is 4.79. The fraction of sp³-hybridized carbons (Fsp3) is 0.733. The van der Waals surface area contributed by atoms with Crippen molar-refractivity contribution < 1.29 is 23.9 Å². The lowest BCUT2D eigenvalue weighted by molar-refractivity contribution is -0.129. The maximum Gasteiger partial charge on any atom is 0.404 e. The van der Waals surface area contributed by atoms with E-state index in [1.165, 1.54) is 6.92 Å². The number of amides is 4. The van der Waals surface area contributed by atoms with Crippen molar-refractivity contribution in [2.24, 2.45) is 17.4 Å². The monoisotopic (exact) mass is 357 g/mol. The maximum atomic E-state index is 11.9. The molecule has 0 heterocycles. The minimum atomic E-state index is -0.775. The van der Waals surface area contributed by atoms with Crippen molar-refractivity contribution in [1.82, 2.24) is 16.0 Å². The lowest BCUT2D eigenvalue weighted by Crippen LogP contribution is -2.49. The third-order valence-corrected chi connectivity index (χ3v) is 4.05. The van der Waals surface area contributed by atoms with Gasteiger partial charge in [-0.25, -0.2) is 4.79 Å². The lowest BCUT2D eigenvalue weighted by atomic mass is 9.86. The number of carbonyl (C=O) groups is 4. The van der Waals surface area contributed by atoms with E-state index in [2.05, 4.69) is 16.0 Å². The van der Waals surface area contributed by atoms with Crippen molar-refractivity contribution in [3.05, 3.63) is 0 Å². The van der Waals surface area contributed by atoms with Gasteiger partial charge in [0, 0.05) is 6.04 Å². The van der Waals surface area contributed by atoms with E-state index in [0.717, 1.165) is 25.7 Å². The van der Waals surface area contributed by atoms with Gasteiger partial charge >= 0.3 is 6.09 Å². The molecule has 1 saturated carbocycles. The van der Waals surface area contributed by atoms with Crippen LogP contribution in [0.4, 0.5) is 4.79 Å². The highest BCUT2D eigenvalue weighted by Crippen LogP contribution is 2.24. The van der Waals surface area contributed by atoms with Crippen LogP contribution < -0.4 is 27.4 Å². The van der Waals surface area contributed by atoms with Crippen LogP contribution in [-0.4, -0.2) is 55.6 Å². The quantitative estimate of drug-likeness (QED) is 0.348. The van der Waals surface area contributed by atoms with Crippen LogP contribution in [0, 0.1) is 5.92 Å². The Morgan fingerprint density at radius 3 is 2.32 bits per heavy atom. The molecule has 0 bridgehead atoms. The van der Waals surface area contributed by atoms with Gasteiger partial charge in [0.1, 0.15) is 6.04 Å². The van der Waals surface area contributed by atoms with Crippen molar-refractivity contribution in [1.29, 1.82) is 0 Å². The van der Waals surface area contributed by atoms with Gasteiger partial charge in [0.2, 0.25) is 17.7 Å². The Morgan fingerprint density at radius 1 is 1.12 bits per heavy atom. The van der Waals surface area contributed by atoms with E-state index in [9.17, 15) is 19.2 Å². The highest BCUT2D eigenvalue weighted by molar-refractivity contribution is 5.90. The molecule has 0 spiro atoms. The first kappa shape index (κ1) is 20.7. The Labute approximate surface area is 146 Å². The molecule has 10 heteroatoms. The fourth-order valence-electron chi connectivity index (χ4n) is 2.64. The van der Waals surface area contributed by atoms with E-state index in [1.54, 1.807) is 0 Å². The Balaban J connectivity index is 2.21. The molecule has 0 aliphatic heterocycles. The molecular formula is C15H27N5O5. The molecule has 25 heavy (non-hydrogen) atoms. The molecule has 1 aliphatic rings. The first-order valence-corrected chi connectivity index (χ1v) is 8.30. The van der Waals surface area contributed by atoms with Crippen molar-refractivity contribution in [2.45, 2.75) is 44.7 Å². The average Bonchev–Trinajstić information content (AvgIpc) is 2.58. The topological polar surface area (TPSA) is 166 Å². The molecule has 142 valence electrons. The lowest BCUT2D eigenvalue weighted by Gasteiger charge is -2.28. The second kappa shape index (κ2) is 10.5. The summed E-state index contributed by atoms with van der Waals surface area (Å²) in [5.41, 5.74) is 10.1. The molecule has 0 saturated heterocycles. The van der Waals surface area contributed by atoms with Crippen molar-refractivity contribution in [3.63, 3.8) is 0 Å². The summed E-state index contributed by atoms with van der Waals surface area (Å²) in [4.78, 5) is 45.3.